The number of likely N-dealkylation sites (tertiary alicyclic amines) is 1. The third kappa shape index (κ3) is 5.70. The number of nitrogens with one attached hydrogen (secondary N) is 2. The number of sulfonamides is 1. The predicted octanol–water partition coefficient (Wildman–Crippen LogP) is 2.46. The highest BCUT2D eigenvalue weighted by molar-refractivity contribution is 7.89. The van der Waals surface area contributed by atoms with Gasteiger partial charge in [0, 0.05) is 25.2 Å². The van der Waals surface area contributed by atoms with Crippen molar-refractivity contribution in [1.29, 1.82) is 0 Å². The topological polar surface area (TPSA) is 78.5 Å². The molecule has 1 heterocycles. The molecule has 31 heavy (non-hydrogen) atoms. The minimum atomic E-state index is -4.20. The van der Waals surface area contributed by atoms with Crippen LogP contribution in [0, 0.1) is 5.82 Å². The van der Waals surface area contributed by atoms with Gasteiger partial charge < -0.3 is 10.2 Å². The second-order valence-electron chi connectivity index (χ2n) is 8.34. The molecule has 0 spiro atoms. The Hall–Kier alpha value is -2.29. The van der Waals surface area contributed by atoms with E-state index in [0.29, 0.717) is 6.04 Å². The second-order valence-corrected chi connectivity index (χ2v) is 10.0. The summed E-state index contributed by atoms with van der Waals surface area (Å²) in [5.41, 5.74) is 0.822. The van der Waals surface area contributed by atoms with Crippen LogP contribution in [0.2, 0.25) is 0 Å². The lowest BCUT2D eigenvalue weighted by molar-refractivity contribution is -0.123. The Kier molecular flexibility index (Phi) is 6.69. The van der Waals surface area contributed by atoms with E-state index in [9.17, 15) is 17.6 Å². The molecule has 2 aliphatic rings. The normalized spacial score (nSPS) is 19.1. The third-order valence-corrected chi connectivity index (χ3v) is 7.47. The summed E-state index contributed by atoms with van der Waals surface area (Å²) in [5, 5.41) is 3.02. The fourth-order valence-electron chi connectivity index (χ4n) is 4.10. The first-order chi connectivity index (χ1) is 14.9. The van der Waals surface area contributed by atoms with Gasteiger partial charge in [-0.15, -0.1) is 0 Å². The number of amides is 1. The van der Waals surface area contributed by atoms with Gasteiger partial charge in [-0.3, -0.25) is 4.79 Å². The maximum atomic E-state index is 14.1. The van der Waals surface area contributed by atoms with Crippen molar-refractivity contribution in [3.05, 3.63) is 66.0 Å². The smallest absolute Gasteiger partial charge is 0.244 e. The molecule has 8 heteroatoms. The van der Waals surface area contributed by atoms with Gasteiger partial charge in [0.05, 0.1) is 0 Å². The molecule has 1 saturated carbocycles. The first-order valence-electron chi connectivity index (χ1n) is 10.8. The Morgan fingerprint density at radius 2 is 1.65 bits per heavy atom. The van der Waals surface area contributed by atoms with Crippen molar-refractivity contribution < 1.29 is 17.6 Å². The van der Waals surface area contributed by atoms with Crippen LogP contribution in [0.1, 0.15) is 31.2 Å². The van der Waals surface area contributed by atoms with Crippen LogP contribution >= 0.6 is 0 Å². The molecule has 6 nitrogen and oxygen atoms in total. The number of benzene rings is 2. The van der Waals surface area contributed by atoms with Crippen molar-refractivity contribution in [2.75, 3.05) is 13.1 Å². The van der Waals surface area contributed by atoms with Gasteiger partial charge in [0.25, 0.3) is 0 Å². The molecule has 0 bridgehead atoms. The first kappa shape index (κ1) is 21.9. The van der Waals surface area contributed by atoms with Crippen molar-refractivity contribution >= 4 is 15.9 Å². The molecule has 1 aliphatic carbocycles. The number of rotatable bonds is 8. The van der Waals surface area contributed by atoms with Crippen LogP contribution in [0.5, 0.6) is 0 Å². The summed E-state index contributed by atoms with van der Waals surface area (Å²) < 4.78 is 42.2. The van der Waals surface area contributed by atoms with Crippen LogP contribution in [-0.4, -0.2) is 50.4 Å². The van der Waals surface area contributed by atoms with Crippen molar-refractivity contribution in [3.63, 3.8) is 0 Å². The van der Waals surface area contributed by atoms with E-state index in [1.54, 1.807) is 0 Å². The first-order valence-corrected chi connectivity index (χ1v) is 12.3. The minimum absolute atomic E-state index is 0.0127. The van der Waals surface area contributed by atoms with E-state index in [0.717, 1.165) is 37.6 Å². The van der Waals surface area contributed by atoms with Crippen molar-refractivity contribution in [1.82, 2.24) is 14.9 Å². The number of carbonyl (C=O) groups is 1. The molecule has 1 atom stereocenters. The number of piperidine rings is 1. The van der Waals surface area contributed by atoms with Crippen molar-refractivity contribution in [3.8, 4) is 0 Å². The molecule has 166 valence electrons. The number of hydrogen-bond donors (Lipinski definition) is 2. The van der Waals surface area contributed by atoms with Gasteiger partial charge in [-0.05, 0) is 49.8 Å². The lowest BCUT2D eigenvalue weighted by atomic mass is 10.0. The zero-order valence-corrected chi connectivity index (χ0v) is 18.2. The third-order valence-electron chi connectivity index (χ3n) is 5.96. The maximum Gasteiger partial charge on any atom is 0.244 e. The highest BCUT2D eigenvalue weighted by Crippen LogP contribution is 2.29. The van der Waals surface area contributed by atoms with Gasteiger partial charge in [0.1, 0.15) is 16.8 Å². The summed E-state index contributed by atoms with van der Waals surface area (Å²) in [6.07, 6.45) is 4.39. The fourth-order valence-corrected chi connectivity index (χ4v) is 5.38. The second kappa shape index (κ2) is 9.46. The predicted molar refractivity (Wildman–Crippen MR) is 116 cm³/mol. The molecule has 4 rings (SSSR count). The Balaban J connectivity index is 1.47. The molecule has 2 aromatic carbocycles. The lowest BCUT2D eigenvalue weighted by Gasteiger charge is -2.33. The van der Waals surface area contributed by atoms with Gasteiger partial charge in [-0.1, -0.05) is 42.5 Å². The van der Waals surface area contributed by atoms with Crippen LogP contribution in [0.3, 0.4) is 0 Å². The maximum absolute atomic E-state index is 14.1. The molecule has 2 fully saturated rings. The van der Waals surface area contributed by atoms with Gasteiger partial charge in [-0.25, -0.2) is 12.8 Å². The molecule has 0 radical (unpaired) electrons. The summed E-state index contributed by atoms with van der Waals surface area (Å²) in [4.78, 5) is 15.1. The van der Waals surface area contributed by atoms with Crippen LogP contribution in [0.4, 0.5) is 4.39 Å². The van der Waals surface area contributed by atoms with E-state index < -0.39 is 26.8 Å². The van der Waals surface area contributed by atoms with Crippen molar-refractivity contribution in [2.24, 2.45) is 0 Å². The minimum Gasteiger partial charge on any atom is -0.352 e. The summed E-state index contributed by atoms with van der Waals surface area (Å²) in [6, 6.07) is 14.1. The van der Waals surface area contributed by atoms with Crippen LogP contribution in [0.15, 0.2) is 59.5 Å². The molecule has 1 aliphatic heterocycles. The Labute approximate surface area is 182 Å². The average molecular weight is 446 g/mol. The Morgan fingerprint density at radius 3 is 2.29 bits per heavy atom. The number of hydrogen-bond acceptors (Lipinski definition) is 4. The average Bonchev–Trinajstić information content (AvgIpc) is 3.60. The van der Waals surface area contributed by atoms with E-state index >= 15 is 0 Å². The highest BCUT2D eigenvalue weighted by Gasteiger charge is 2.33. The molecule has 0 aromatic heterocycles. The lowest BCUT2D eigenvalue weighted by Crippen LogP contribution is -2.53. The summed E-state index contributed by atoms with van der Waals surface area (Å²) in [6.45, 7) is 1.89. The molecular weight excluding hydrogens is 417 g/mol. The Bertz CT molecular complexity index is 1000. The van der Waals surface area contributed by atoms with Gasteiger partial charge in [0.15, 0.2) is 0 Å². The number of halogens is 1. The zero-order valence-electron chi connectivity index (χ0n) is 17.3. The highest BCUT2D eigenvalue weighted by atomic mass is 32.2. The summed E-state index contributed by atoms with van der Waals surface area (Å²) in [5.74, 6) is -1.23. The SMILES string of the molecule is O=C(NC1CCN(C2CC2)CC1)[C@H](Cc1ccccc1)NS(=O)(=O)c1ccccc1F. The Morgan fingerprint density at radius 1 is 1.00 bits per heavy atom. The van der Waals surface area contributed by atoms with E-state index in [-0.39, 0.29) is 18.4 Å². The summed E-state index contributed by atoms with van der Waals surface area (Å²) >= 11 is 0. The summed E-state index contributed by atoms with van der Waals surface area (Å²) in [7, 11) is -4.20. The van der Waals surface area contributed by atoms with Crippen LogP contribution < -0.4 is 10.0 Å². The van der Waals surface area contributed by atoms with Crippen molar-refractivity contribution in [2.45, 2.75) is 55.1 Å². The molecular formula is C23H28FN3O3S. The quantitative estimate of drug-likeness (QED) is 0.654. The molecule has 2 N–H and O–H groups in total. The van der Waals surface area contributed by atoms with E-state index in [4.69, 9.17) is 0 Å². The molecule has 1 amide bonds. The van der Waals surface area contributed by atoms with E-state index in [2.05, 4.69) is 14.9 Å². The van der Waals surface area contributed by atoms with Gasteiger partial charge in [-0.2, -0.15) is 4.72 Å². The molecule has 1 saturated heterocycles. The van der Waals surface area contributed by atoms with Crippen LogP contribution in [-0.2, 0) is 21.2 Å². The molecule has 0 unspecified atom stereocenters. The molecule has 2 aromatic rings. The monoisotopic (exact) mass is 445 g/mol. The zero-order chi connectivity index (χ0) is 21.8. The standard InChI is InChI=1S/C23H28FN3O3S/c24-20-8-4-5-9-22(20)31(29,30)26-21(16-17-6-2-1-3-7-17)23(28)25-18-12-14-27(15-13-18)19-10-11-19/h1-9,18-19,21,26H,10-16H2,(H,25,28)/t21-/m0/s1. The van der Waals surface area contributed by atoms with E-state index in [1.807, 2.05) is 30.3 Å². The fraction of sp³-hybridized carbons (Fsp3) is 0.435. The van der Waals surface area contributed by atoms with Crippen LogP contribution in [0.25, 0.3) is 0 Å². The van der Waals surface area contributed by atoms with E-state index in [1.165, 1.54) is 31.0 Å². The number of carbonyl (C=O) groups excluding carboxylic acids is 1. The van der Waals surface area contributed by atoms with Gasteiger partial charge in [0.2, 0.25) is 15.9 Å². The number of nitrogens with zero attached hydrogens (tertiary/aromatic N) is 1. The van der Waals surface area contributed by atoms with Gasteiger partial charge >= 0.3 is 0 Å². The largest absolute Gasteiger partial charge is 0.352 e.